The Morgan fingerprint density at radius 2 is 2.21 bits per heavy atom. The van der Waals surface area contributed by atoms with Gasteiger partial charge in [-0.3, -0.25) is 9.69 Å². The number of aliphatic carboxylic acids is 1. The van der Waals surface area contributed by atoms with Crippen LogP contribution in [-0.2, 0) is 11.3 Å². The number of carboxylic acid groups (broad SMARTS) is 1. The molecule has 2 aromatic heterocycles. The highest BCUT2D eigenvalue weighted by Crippen LogP contribution is 2.33. The van der Waals surface area contributed by atoms with Crippen LogP contribution in [-0.4, -0.2) is 50.5 Å². The zero-order chi connectivity index (χ0) is 16.5. The van der Waals surface area contributed by atoms with Gasteiger partial charge in [0.05, 0.1) is 6.54 Å². The minimum absolute atomic E-state index is 0.183. The smallest absolute Gasteiger partial charge is 0.317 e. The predicted octanol–water partition coefficient (Wildman–Crippen LogP) is 1.75. The molecule has 0 spiro atoms. The minimum Gasteiger partial charge on any atom is -0.480 e. The first-order valence-electron chi connectivity index (χ1n) is 8.79. The highest BCUT2D eigenvalue weighted by Gasteiger charge is 2.36. The maximum Gasteiger partial charge on any atom is 0.317 e. The van der Waals surface area contributed by atoms with Gasteiger partial charge in [-0.25, -0.2) is 4.98 Å². The number of hydrogen-bond donors (Lipinski definition) is 2. The number of rotatable bonds is 8. The van der Waals surface area contributed by atoms with Crippen molar-refractivity contribution in [1.82, 2.24) is 19.6 Å². The largest absolute Gasteiger partial charge is 0.480 e. The van der Waals surface area contributed by atoms with E-state index >= 15 is 0 Å². The summed E-state index contributed by atoms with van der Waals surface area (Å²) in [5.74, 6) is 0.0223. The summed E-state index contributed by atoms with van der Waals surface area (Å²) >= 11 is 0. The molecule has 2 fully saturated rings. The average molecular weight is 328 g/mol. The van der Waals surface area contributed by atoms with E-state index in [2.05, 4.69) is 25.7 Å². The van der Waals surface area contributed by atoms with Crippen molar-refractivity contribution in [1.29, 1.82) is 0 Å². The predicted molar refractivity (Wildman–Crippen MR) is 90.8 cm³/mol. The molecular weight excluding hydrogens is 304 g/mol. The fraction of sp³-hybridized carbons (Fsp3) is 0.556. The quantitative estimate of drug-likeness (QED) is 0.773. The third kappa shape index (κ3) is 3.44. The third-order valence-electron chi connectivity index (χ3n) is 5.24. The van der Waals surface area contributed by atoms with Gasteiger partial charge in [0.2, 0.25) is 0 Å². The van der Waals surface area contributed by atoms with Crippen molar-refractivity contribution in [2.24, 2.45) is 5.92 Å². The first kappa shape index (κ1) is 15.6. The molecule has 128 valence electrons. The van der Waals surface area contributed by atoms with Crippen molar-refractivity contribution in [3.63, 3.8) is 0 Å². The molecule has 0 atom stereocenters. The Morgan fingerprint density at radius 1 is 1.38 bits per heavy atom. The Kier molecular flexibility index (Phi) is 4.24. The number of nitrogens with zero attached hydrogens (tertiary/aromatic N) is 3. The van der Waals surface area contributed by atoms with Crippen molar-refractivity contribution in [2.75, 3.05) is 13.1 Å². The maximum absolute atomic E-state index is 11.1. The van der Waals surface area contributed by atoms with Crippen LogP contribution in [0.1, 0.15) is 31.4 Å². The second kappa shape index (κ2) is 6.53. The average Bonchev–Trinajstić information content (AvgIpc) is 3.18. The molecule has 0 aromatic carbocycles. The fourth-order valence-electron chi connectivity index (χ4n) is 3.60. The summed E-state index contributed by atoms with van der Waals surface area (Å²) in [6.45, 7) is 1.95. The normalized spacial score (nSPS) is 23.5. The maximum atomic E-state index is 11.1. The highest BCUT2D eigenvalue weighted by molar-refractivity contribution is 5.69. The first-order valence-corrected chi connectivity index (χ1v) is 8.79. The molecule has 2 heterocycles. The molecular formula is C18H24N4O2. The monoisotopic (exact) mass is 328 g/mol. The van der Waals surface area contributed by atoms with Gasteiger partial charge in [-0.15, -0.1) is 0 Å². The van der Waals surface area contributed by atoms with E-state index in [0.29, 0.717) is 12.1 Å². The van der Waals surface area contributed by atoms with Crippen molar-refractivity contribution in [3.8, 4) is 0 Å². The van der Waals surface area contributed by atoms with Crippen LogP contribution in [0.5, 0.6) is 0 Å². The van der Waals surface area contributed by atoms with Gasteiger partial charge in [-0.2, -0.15) is 0 Å². The number of carbonyl (C=O) groups is 1. The van der Waals surface area contributed by atoms with Crippen LogP contribution in [0, 0.1) is 5.92 Å². The lowest BCUT2D eigenvalue weighted by Gasteiger charge is -2.43. The number of nitrogens with one attached hydrogen (secondary N) is 1. The first-order chi connectivity index (χ1) is 11.7. The molecule has 2 N–H and O–H groups in total. The highest BCUT2D eigenvalue weighted by atomic mass is 16.4. The van der Waals surface area contributed by atoms with Gasteiger partial charge < -0.3 is 14.8 Å². The van der Waals surface area contributed by atoms with Crippen molar-refractivity contribution in [3.05, 3.63) is 36.3 Å². The van der Waals surface area contributed by atoms with Crippen LogP contribution in [0.25, 0.3) is 5.65 Å². The summed E-state index contributed by atoms with van der Waals surface area (Å²) in [4.78, 5) is 17.6. The Labute approximate surface area is 141 Å². The lowest BCUT2D eigenvalue weighted by Crippen LogP contribution is -2.54. The molecule has 2 aliphatic rings. The summed E-state index contributed by atoms with van der Waals surface area (Å²) in [6.07, 6.45) is 8.42. The summed E-state index contributed by atoms with van der Waals surface area (Å²) in [5.41, 5.74) is 2.17. The third-order valence-corrected chi connectivity index (χ3v) is 5.24. The minimum atomic E-state index is -0.709. The molecule has 4 rings (SSSR count). The second-order valence-corrected chi connectivity index (χ2v) is 7.14. The topological polar surface area (TPSA) is 69.9 Å². The summed E-state index contributed by atoms with van der Waals surface area (Å²) in [7, 11) is 0. The number of hydrogen-bond acceptors (Lipinski definition) is 4. The standard InChI is InChI=1S/C18H24N4O2/c23-18(24)12-21(11-13-4-5-13)16-8-14(9-16)20-10-15-2-1-3-17-19-6-7-22(15)17/h1-3,6-7,13-14,16,20H,4-5,8-12H2,(H,23,24). The van der Waals surface area contributed by atoms with Crippen LogP contribution in [0.2, 0.25) is 0 Å². The molecule has 2 aliphatic carbocycles. The second-order valence-electron chi connectivity index (χ2n) is 7.14. The molecule has 0 aliphatic heterocycles. The molecule has 0 saturated heterocycles. The van der Waals surface area contributed by atoms with Crippen molar-refractivity contribution >= 4 is 11.6 Å². The van der Waals surface area contributed by atoms with Crippen LogP contribution in [0.3, 0.4) is 0 Å². The Hall–Kier alpha value is -1.92. The van der Waals surface area contributed by atoms with E-state index in [9.17, 15) is 4.79 Å². The number of aromatic nitrogens is 2. The van der Waals surface area contributed by atoms with Crippen molar-refractivity contribution < 1.29 is 9.90 Å². The zero-order valence-electron chi connectivity index (χ0n) is 13.8. The molecule has 24 heavy (non-hydrogen) atoms. The summed E-state index contributed by atoms with van der Waals surface area (Å²) < 4.78 is 2.10. The van der Waals surface area contributed by atoms with E-state index in [0.717, 1.165) is 37.5 Å². The molecule has 2 aromatic rings. The van der Waals surface area contributed by atoms with Crippen LogP contribution >= 0.6 is 0 Å². The van der Waals surface area contributed by atoms with Gasteiger partial charge in [0.15, 0.2) is 0 Å². The lowest BCUT2D eigenvalue weighted by molar-refractivity contribution is -0.139. The van der Waals surface area contributed by atoms with E-state index in [-0.39, 0.29) is 6.54 Å². The van der Waals surface area contributed by atoms with Crippen LogP contribution in [0.15, 0.2) is 30.6 Å². The summed E-state index contributed by atoms with van der Waals surface area (Å²) in [6, 6.07) is 7.05. The van der Waals surface area contributed by atoms with Gasteiger partial charge in [0, 0.05) is 43.3 Å². The number of fused-ring (bicyclic) bond motifs is 1. The molecule has 0 bridgehead atoms. The number of imidazole rings is 1. The van der Waals surface area contributed by atoms with E-state index in [1.807, 2.05) is 24.5 Å². The van der Waals surface area contributed by atoms with Crippen LogP contribution in [0.4, 0.5) is 0 Å². The molecule has 2 saturated carbocycles. The van der Waals surface area contributed by atoms with Gasteiger partial charge in [0.1, 0.15) is 5.65 Å². The van der Waals surface area contributed by atoms with Crippen molar-refractivity contribution in [2.45, 2.75) is 44.3 Å². The molecule has 6 heteroatoms. The molecule has 6 nitrogen and oxygen atoms in total. The SMILES string of the molecule is O=C(O)CN(CC1CC1)C1CC(NCc2cccc3nccn23)C1. The van der Waals surface area contributed by atoms with Crippen LogP contribution < -0.4 is 5.32 Å². The van der Waals surface area contributed by atoms with E-state index in [4.69, 9.17) is 5.11 Å². The lowest BCUT2D eigenvalue weighted by atomic mass is 9.85. The van der Waals surface area contributed by atoms with E-state index in [1.165, 1.54) is 18.5 Å². The Balaban J connectivity index is 1.29. The van der Waals surface area contributed by atoms with Gasteiger partial charge in [0.25, 0.3) is 0 Å². The molecule has 0 radical (unpaired) electrons. The number of pyridine rings is 1. The van der Waals surface area contributed by atoms with E-state index < -0.39 is 5.97 Å². The Morgan fingerprint density at radius 3 is 2.96 bits per heavy atom. The molecule has 0 unspecified atom stereocenters. The van der Waals surface area contributed by atoms with Gasteiger partial charge >= 0.3 is 5.97 Å². The zero-order valence-corrected chi connectivity index (χ0v) is 13.8. The van der Waals surface area contributed by atoms with Gasteiger partial charge in [-0.1, -0.05) is 6.07 Å². The van der Waals surface area contributed by atoms with E-state index in [1.54, 1.807) is 0 Å². The summed E-state index contributed by atoms with van der Waals surface area (Å²) in [5, 5.41) is 12.7. The fourth-order valence-corrected chi connectivity index (χ4v) is 3.60. The Bertz CT molecular complexity index is 719. The number of carboxylic acids is 1. The molecule has 0 amide bonds. The van der Waals surface area contributed by atoms with Gasteiger partial charge in [-0.05, 0) is 43.7 Å².